The molecule has 4 rings (SSSR count). The van der Waals surface area contributed by atoms with E-state index in [0.717, 1.165) is 22.5 Å². The van der Waals surface area contributed by atoms with Crippen LogP contribution in [-0.2, 0) is 4.79 Å². The maximum atomic E-state index is 11.8. The minimum Gasteiger partial charge on any atom is -0.306 e. The first-order chi connectivity index (χ1) is 11.8. The lowest BCUT2D eigenvalue weighted by Gasteiger charge is -2.23. The van der Waals surface area contributed by atoms with E-state index in [1.54, 1.807) is 12.5 Å². The van der Waals surface area contributed by atoms with Crippen LogP contribution in [0.4, 0.5) is 0 Å². The van der Waals surface area contributed by atoms with Gasteiger partial charge in [0.25, 0.3) is 0 Å². The number of hydrogen-bond donors (Lipinski definition) is 1. The molecule has 5 nitrogen and oxygen atoms in total. The molecular weight excluding hydrogens is 300 g/mol. The second kappa shape index (κ2) is 6.12. The fourth-order valence-corrected chi connectivity index (χ4v) is 2.97. The molecule has 1 aromatic heterocycles. The van der Waals surface area contributed by atoms with E-state index < -0.39 is 0 Å². The van der Waals surface area contributed by atoms with Gasteiger partial charge in [-0.2, -0.15) is 5.10 Å². The van der Waals surface area contributed by atoms with E-state index >= 15 is 0 Å². The number of hydrogen-bond acceptors (Lipinski definition) is 3. The minimum atomic E-state index is -0.0531. The van der Waals surface area contributed by atoms with E-state index in [4.69, 9.17) is 0 Å². The molecule has 1 aliphatic heterocycles. The summed E-state index contributed by atoms with van der Waals surface area (Å²) < 4.78 is 1.95. The highest BCUT2D eigenvalue weighted by molar-refractivity contribution is 6.08. The molecule has 1 unspecified atom stereocenters. The maximum absolute atomic E-state index is 11.8. The quantitative estimate of drug-likeness (QED) is 0.807. The number of carbonyl (C=O) groups excluding carboxylic acids is 1. The van der Waals surface area contributed by atoms with Crippen LogP contribution in [0.1, 0.15) is 23.5 Å². The predicted octanol–water partition coefficient (Wildman–Crippen LogP) is 2.88. The molecule has 0 bridgehead atoms. The summed E-state index contributed by atoms with van der Waals surface area (Å²) in [6.07, 6.45) is 5.83. The molecule has 2 aromatic carbocycles. The van der Waals surface area contributed by atoms with Crippen LogP contribution in [0, 0.1) is 0 Å². The zero-order chi connectivity index (χ0) is 16.4. The maximum Gasteiger partial charge on any atom is 0.241 e. The Hall–Kier alpha value is -3.21. The molecule has 3 aromatic rings. The van der Waals surface area contributed by atoms with Crippen molar-refractivity contribution in [3.05, 3.63) is 84.4 Å². The molecule has 2 heterocycles. The number of benzene rings is 2. The zero-order valence-corrected chi connectivity index (χ0v) is 13.0. The van der Waals surface area contributed by atoms with Gasteiger partial charge < -0.3 is 4.57 Å². The van der Waals surface area contributed by atoms with Crippen LogP contribution in [0.3, 0.4) is 0 Å². The Labute approximate surface area is 139 Å². The Balaban J connectivity index is 1.69. The first kappa shape index (κ1) is 14.4. The van der Waals surface area contributed by atoms with Crippen LogP contribution in [0.25, 0.3) is 5.69 Å². The molecule has 0 radical (unpaired) electrons. The van der Waals surface area contributed by atoms with Crippen molar-refractivity contribution in [2.45, 2.75) is 12.3 Å². The summed E-state index contributed by atoms with van der Waals surface area (Å²) in [4.78, 5) is 15.9. The van der Waals surface area contributed by atoms with Crippen LogP contribution in [0.15, 0.2) is 78.4 Å². The Morgan fingerprint density at radius 3 is 2.54 bits per heavy atom. The summed E-state index contributed by atoms with van der Waals surface area (Å²) in [7, 11) is 0. The third kappa shape index (κ3) is 2.72. The Kier molecular flexibility index (Phi) is 3.67. The number of rotatable bonds is 3. The molecular formula is C19H16N4O. The normalized spacial score (nSPS) is 17.2. The molecule has 0 aliphatic carbocycles. The molecule has 1 N–H and O–H groups in total. The van der Waals surface area contributed by atoms with Gasteiger partial charge in [-0.1, -0.05) is 42.5 Å². The summed E-state index contributed by atoms with van der Waals surface area (Å²) in [5.74, 6) is -0.0818. The summed E-state index contributed by atoms with van der Waals surface area (Å²) >= 11 is 0. The number of nitrogens with zero attached hydrogens (tertiary/aromatic N) is 3. The van der Waals surface area contributed by atoms with Crippen molar-refractivity contribution in [2.24, 2.45) is 5.10 Å². The molecule has 1 amide bonds. The first-order valence-electron chi connectivity index (χ1n) is 7.81. The van der Waals surface area contributed by atoms with Crippen molar-refractivity contribution in [1.29, 1.82) is 0 Å². The number of imidazole rings is 1. The molecule has 1 aliphatic rings. The lowest BCUT2D eigenvalue weighted by Crippen LogP contribution is -2.32. The Bertz CT molecular complexity index is 867. The van der Waals surface area contributed by atoms with Crippen LogP contribution >= 0.6 is 0 Å². The number of amides is 1. The van der Waals surface area contributed by atoms with Gasteiger partial charge in [0.15, 0.2) is 0 Å². The van der Waals surface area contributed by atoms with Gasteiger partial charge in [-0.25, -0.2) is 10.4 Å². The predicted molar refractivity (Wildman–Crippen MR) is 92.0 cm³/mol. The molecule has 1 atom stereocenters. The third-order valence-corrected chi connectivity index (χ3v) is 4.19. The van der Waals surface area contributed by atoms with Crippen LogP contribution < -0.4 is 5.43 Å². The second-order valence-corrected chi connectivity index (χ2v) is 5.72. The molecule has 0 fully saturated rings. The smallest absolute Gasteiger partial charge is 0.241 e. The molecule has 0 saturated carbocycles. The van der Waals surface area contributed by atoms with Gasteiger partial charge >= 0.3 is 0 Å². The van der Waals surface area contributed by atoms with E-state index in [9.17, 15) is 4.79 Å². The standard InChI is InChI=1S/C19H16N4O/c24-18-12-17(14-4-2-1-3-5-14)19(22-21-18)15-6-8-16(9-7-15)23-11-10-20-13-23/h1-11,13,17H,12H2,(H,21,24). The summed E-state index contributed by atoms with van der Waals surface area (Å²) in [5, 5.41) is 4.33. The zero-order valence-electron chi connectivity index (χ0n) is 13.0. The van der Waals surface area contributed by atoms with E-state index in [-0.39, 0.29) is 11.8 Å². The van der Waals surface area contributed by atoms with Crippen molar-refractivity contribution in [3.8, 4) is 5.69 Å². The average Bonchev–Trinajstić information content (AvgIpc) is 3.17. The number of carbonyl (C=O) groups is 1. The largest absolute Gasteiger partial charge is 0.306 e. The van der Waals surface area contributed by atoms with Crippen molar-refractivity contribution >= 4 is 11.6 Å². The van der Waals surface area contributed by atoms with E-state index in [1.807, 2.05) is 65.4 Å². The molecule has 0 saturated heterocycles. The van der Waals surface area contributed by atoms with Crippen molar-refractivity contribution in [1.82, 2.24) is 15.0 Å². The molecule has 118 valence electrons. The van der Waals surface area contributed by atoms with Gasteiger partial charge in [0.2, 0.25) is 5.91 Å². The summed E-state index contributed by atoms with van der Waals surface area (Å²) in [6.45, 7) is 0. The third-order valence-electron chi connectivity index (χ3n) is 4.19. The highest BCUT2D eigenvalue weighted by atomic mass is 16.2. The Morgan fingerprint density at radius 2 is 1.83 bits per heavy atom. The van der Waals surface area contributed by atoms with Gasteiger partial charge in [0, 0.05) is 30.4 Å². The second-order valence-electron chi connectivity index (χ2n) is 5.72. The summed E-state index contributed by atoms with van der Waals surface area (Å²) in [5.41, 5.74) is 6.64. The number of hydrazone groups is 1. The fourth-order valence-electron chi connectivity index (χ4n) is 2.97. The molecule has 0 spiro atoms. The van der Waals surface area contributed by atoms with E-state index in [0.29, 0.717) is 6.42 Å². The molecule has 24 heavy (non-hydrogen) atoms. The lowest BCUT2D eigenvalue weighted by atomic mass is 9.86. The SMILES string of the molecule is O=C1CC(c2ccccc2)C(c2ccc(-n3ccnc3)cc2)=NN1. The first-order valence-corrected chi connectivity index (χ1v) is 7.81. The molecule has 5 heteroatoms. The highest BCUT2D eigenvalue weighted by Crippen LogP contribution is 2.27. The topological polar surface area (TPSA) is 59.3 Å². The van der Waals surface area contributed by atoms with Crippen LogP contribution in [-0.4, -0.2) is 21.2 Å². The van der Waals surface area contributed by atoms with Gasteiger partial charge in [0.1, 0.15) is 0 Å². The Morgan fingerprint density at radius 1 is 1.04 bits per heavy atom. The van der Waals surface area contributed by atoms with Gasteiger partial charge in [-0.05, 0) is 23.3 Å². The number of aromatic nitrogens is 2. The van der Waals surface area contributed by atoms with Crippen LogP contribution in [0.5, 0.6) is 0 Å². The average molecular weight is 316 g/mol. The van der Waals surface area contributed by atoms with Gasteiger partial charge in [-0.15, -0.1) is 0 Å². The minimum absolute atomic E-state index is 0.0287. The monoisotopic (exact) mass is 316 g/mol. The van der Waals surface area contributed by atoms with Crippen molar-refractivity contribution in [2.75, 3.05) is 0 Å². The summed E-state index contributed by atoms with van der Waals surface area (Å²) in [6, 6.07) is 18.1. The number of nitrogens with one attached hydrogen (secondary N) is 1. The van der Waals surface area contributed by atoms with Crippen molar-refractivity contribution in [3.63, 3.8) is 0 Å². The van der Waals surface area contributed by atoms with E-state index in [1.165, 1.54) is 0 Å². The van der Waals surface area contributed by atoms with Gasteiger partial charge in [0.05, 0.1) is 12.0 Å². The van der Waals surface area contributed by atoms with Crippen molar-refractivity contribution < 1.29 is 4.79 Å². The van der Waals surface area contributed by atoms with E-state index in [2.05, 4.69) is 15.5 Å². The van der Waals surface area contributed by atoms with Crippen LogP contribution in [0.2, 0.25) is 0 Å². The van der Waals surface area contributed by atoms with Gasteiger partial charge in [-0.3, -0.25) is 4.79 Å². The lowest BCUT2D eigenvalue weighted by molar-refractivity contribution is -0.121. The highest BCUT2D eigenvalue weighted by Gasteiger charge is 2.26. The fraction of sp³-hybridized carbons (Fsp3) is 0.105.